The Balaban J connectivity index is 1.46. The molecule has 1 N–H and O–H groups in total. The fraction of sp³-hybridized carbons (Fsp3) is 0.0952. The van der Waals surface area contributed by atoms with Gasteiger partial charge in [0.1, 0.15) is 5.82 Å². The number of amides is 1. The summed E-state index contributed by atoms with van der Waals surface area (Å²) < 4.78 is 3.39. The summed E-state index contributed by atoms with van der Waals surface area (Å²) in [6, 6.07) is 17.1. The lowest BCUT2D eigenvalue weighted by atomic mass is 10.2. The van der Waals surface area contributed by atoms with Crippen LogP contribution in [-0.4, -0.2) is 25.5 Å². The van der Waals surface area contributed by atoms with Crippen LogP contribution in [-0.2, 0) is 13.1 Å². The summed E-state index contributed by atoms with van der Waals surface area (Å²) in [5.74, 6) is 0.296. The van der Waals surface area contributed by atoms with E-state index in [0.717, 1.165) is 11.1 Å². The van der Waals surface area contributed by atoms with Gasteiger partial charge < -0.3 is 5.32 Å². The summed E-state index contributed by atoms with van der Waals surface area (Å²) in [7, 11) is 0. The molecule has 0 radical (unpaired) electrons. The van der Waals surface area contributed by atoms with Gasteiger partial charge in [-0.1, -0.05) is 65.7 Å². The predicted octanol–water partition coefficient (Wildman–Crippen LogP) is 4.74. The number of anilines is 1. The van der Waals surface area contributed by atoms with Crippen LogP contribution in [0.25, 0.3) is 0 Å². The molecule has 8 heteroatoms. The topological polar surface area (TPSA) is 64.7 Å². The number of benzene rings is 2. The average molecular weight is 426 g/mol. The lowest BCUT2D eigenvalue weighted by Gasteiger charge is -2.10. The fourth-order valence-electron chi connectivity index (χ4n) is 2.92. The van der Waals surface area contributed by atoms with Crippen LogP contribution in [0.2, 0.25) is 10.0 Å². The molecular formula is C21H17Cl2N5O. The van der Waals surface area contributed by atoms with Gasteiger partial charge in [-0.2, -0.15) is 10.2 Å². The van der Waals surface area contributed by atoms with Gasteiger partial charge in [-0.25, -0.2) is 4.68 Å². The monoisotopic (exact) mass is 425 g/mol. The van der Waals surface area contributed by atoms with Crippen LogP contribution < -0.4 is 5.32 Å². The van der Waals surface area contributed by atoms with Crippen molar-refractivity contribution in [2.45, 2.75) is 13.1 Å². The Labute approximate surface area is 177 Å². The van der Waals surface area contributed by atoms with Crippen LogP contribution in [0.3, 0.4) is 0 Å². The number of aromatic nitrogens is 4. The Morgan fingerprint density at radius 1 is 0.966 bits per heavy atom. The molecule has 0 aliphatic carbocycles. The molecule has 4 aromatic rings. The molecule has 6 nitrogen and oxygen atoms in total. The normalized spacial score (nSPS) is 10.8. The van der Waals surface area contributed by atoms with Crippen LogP contribution >= 0.6 is 23.2 Å². The van der Waals surface area contributed by atoms with Gasteiger partial charge in [-0.15, -0.1) is 0 Å². The number of nitrogens with zero attached hydrogens (tertiary/aromatic N) is 4. The van der Waals surface area contributed by atoms with Crippen molar-refractivity contribution in [1.29, 1.82) is 0 Å². The molecule has 2 aromatic carbocycles. The van der Waals surface area contributed by atoms with Crippen molar-refractivity contribution < 1.29 is 4.79 Å². The molecule has 146 valence electrons. The van der Waals surface area contributed by atoms with Crippen LogP contribution in [0.15, 0.2) is 73.2 Å². The Kier molecular flexibility index (Phi) is 5.64. The van der Waals surface area contributed by atoms with Crippen molar-refractivity contribution in [2.75, 3.05) is 5.32 Å². The quantitative estimate of drug-likeness (QED) is 0.485. The summed E-state index contributed by atoms with van der Waals surface area (Å²) in [6.45, 7) is 0.981. The molecule has 2 heterocycles. The van der Waals surface area contributed by atoms with Crippen molar-refractivity contribution in [1.82, 2.24) is 19.6 Å². The Bertz CT molecular complexity index is 1140. The smallest absolute Gasteiger partial charge is 0.259 e. The van der Waals surface area contributed by atoms with Crippen LogP contribution in [0, 0.1) is 0 Å². The number of hydrogen-bond donors (Lipinski definition) is 1. The van der Waals surface area contributed by atoms with E-state index in [-0.39, 0.29) is 5.91 Å². The molecule has 0 atom stereocenters. The second kappa shape index (κ2) is 8.51. The van der Waals surface area contributed by atoms with Crippen molar-refractivity contribution in [2.24, 2.45) is 0 Å². The van der Waals surface area contributed by atoms with Gasteiger partial charge in [-0.3, -0.25) is 9.48 Å². The summed E-state index contributed by atoms with van der Waals surface area (Å²) in [6.07, 6.45) is 4.89. The maximum Gasteiger partial charge on any atom is 0.259 e. The maximum absolute atomic E-state index is 12.7. The third kappa shape index (κ3) is 4.50. The second-order valence-corrected chi connectivity index (χ2v) is 7.24. The molecule has 29 heavy (non-hydrogen) atoms. The first-order chi connectivity index (χ1) is 14.1. The summed E-state index contributed by atoms with van der Waals surface area (Å²) in [4.78, 5) is 12.7. The van der Waals surface area contributed by atoms with Crippen LogP contribution in [0.4, 0.5) is 5.82 Å². The van der Waals surface area contributed by atoms with Crippen molar-refractivity contribution in [3.05, 3.63) is 99.9 Å². The molecule has 4 rings (SSSR count). The highest BCUT2D eigenvalue weighted by atomic mass is 35.5. The van der Waals surface area contributed by atoms with Crippen molar-refractivity contribution in [3.63, 3.8) is 0 Å². The van der Waals surface area contributed by atoms with E-state index < -0.39 is 0 Å². The molecule has 0 aliphatic heterocycles. The summed E-state index contributed by atoms with van der Waals surface area (Å²) in [5.41, 5.74) is 2.39. The lowest BCUT2D eigenvalue weighted by molar-refractivity contribution is 0.102. The molecule has 0 unspecified atom stereocenters. The van der Waals surface area contributed by atoms with E-state index in [1.807, 2.05) is 42.5 Å². The molecule has 0 saturated carbocycles. The van der Waals surface area contributed by atoms with E-state index in [1.165, 1.54) is 0 Å². The molecule has 0 bridgehead atoms. The molecule has 0 fully saturated rings. The summed E-state index contributed by atoms with van der Waals surface area (Å²) >= 11 is 12.3. The van der Waals surface area contributed by atoms with Crippen LogP contribution in [0.1, 0.15) is 21.5 Å². The zero-order valence-corrected chi connectivity index (χ0v) is 16.8. The zero-order valence-electron chi connectivity index (χ0n) is 15.3. The average Bonchev–Trinajstić information content (AvgIpc) is 3.36. The standard InChI is InChI=1S/C21H17Cl2N5O/c22-18-8-4-7-16(20(18)23)14-28-19(9-10-24-28)26-21(29)17-11-25-27(13-17)12-15-5-2-1-3-6-15/h1-11,13H,12,14H2,(H,26,29). The first-order valence-electron chi connectivity index (χ1n) is 8.92. The van der Waals surface area contributed by atoms with Gasteiger partial charge in [0.15, 0.2) is 0 Å². The minimum Gasteiger partial charge on any atom is -0.307 e. The highest BCUT2D eigenvalue weighted by Gasteiger charge is 2.13. The van der Waals surface area contributed by atoms with Gasteiger partial charge in [0.2, 0.25) is 0 Å². The number of carbonyl (C=O) groups excluding carboxylic acids is 1. The van der Waals surface area contributed by atoms with E-state index in [0.29, 0.717) is 34.5 Å². The Morgan fingerprint density at radius 2 is 1.79 bits per heavy atom. The lowest BCUT2D eigenvalue weighted by Crippen LogP contribution is -2.16. The molecule has 1 amide bonds. The minimum absolute atomic E-state index is 0.261. The van der Waals surface area contributed by atoms with E-state index in [9.17, 15) is 4.79 Å². The van der Waals surface area contributed by atoms with E-state index in [4.69, 9.17) is 23.2 Å². The molecule has 0 spiro atoms. The maximum atomic E-state index is 12.7. The fourth-order valence-corrected chi connectivity index (χ4v) is 3.30. The molecule has 0 saturated heterocycles. The number of hydrogen-bond acceptors (Lipinski definition) is 3. The molecule has 2 aromatic heterocycles. The highest BCUT2D eigenvalue weighted by Crippen LogP contribution is 2.26. The zero-order chi connectivity index (χ0) is 20.2. The predicted molar refractivity (Wildman–Crippen MR) is 114 cm³/mol. The number of carbonyl (C=O) groups is 1. The van der Waals surface area contributed by atoms with E-state index in [2.05, 4.69) is 15.5 Å². The SMILES string of the molecule is O=C(Nc1ccnn1Cc1cccc(Cl)c1Cl)c1cnn(Cc2ccccc2)c1. The van der Waals surface area contributed by atoms with Crippen molar-refractivity contribution in [3.8, 4) is 0 Å². The Hall–Kier alpha value is -3.09. The number of halogens is 2. The van der Waals surface area contributed by atoms with Gasteiger partial charge in [-0.05, 0) is 17.2 Å². The molecular weight excluding hydrogens is 409 g/mol. The number of nitrogens with one attached hydrogen (secondary N) is 1. The van der Waals surface area contributed by atoms with Crippen LogP contribution in [0.5, 0.6) is 0 Å². The van der Waals surface area contributed by atoms with Crippen molar-refractivity contribution >= 4 is 34.9 Å². The number of rotatable bonds is 6. The van der Waals surface area contributed by atoms with E-state index >= 15 is 0 Å². The summed E-state index contributed by atoms with van der Waals surface area (Å²) in [5, 5.41) is 12.4. The minimum atomic E-state index is -0.261. The van der Waals surface area contributed by atoms with Gasteiger partial charge in [0, 0.05) is 12.3 Å². The molecule has 0 aliphatic rings. The third-order valence-corrected chi connectivity index (χ3v) is 5.25. The third-order valence-electron chi connectivity index (χ3n) is 4.39. The first kappa shape index (κ1) is 19.2. The van der Waals surface area contributed by atoms with E-state index in [1.54, 1.807) is 40.1 Å². The van der Waals surface area contributed by atoms with Gasteiger partial charge in [0.05, 0.1) is 41.1 Å². The Morgan fingerprint density at radius 3 is 2.62 bits per heavy atom. The largest absolute Gasteiger partial charge is 0.307 e. The highest BCUT2D eigenvalue weighted by molar-refractivity contribution is 6.42. The first-order valence-corrected chi connectivity index (χ1v) is 9.68. The van der Waals surface area contributed by atoms with Gasteiger partial charge >= 0.3 is 0 Å². The second-order valence-electron chi connectivity index (χ2n) is 6.45. The van der Waals surface area contributed by atoms with Gasteiger partial charge in [0.25, 0.3) is 5.91 Å².